The number of thiocarbonyl (C=S) groups is 1. The van der Waals surface area contributed by atoms with Crippen molar-refractivity contribution in [2.45, 2.75) is 18.9 Å². The highest BCUT2D eigenvalue weighted by molar-refractivity contribution is 7.80. The number of hydrogen-bond donors (Lipinski definition) is 1. The van der Waals surface area contributed by atoms with Gasteiger partial charge < -0.3 is 10.1 Å². The number of rotatable bonds is 4. The zero-order valence-corrected chi connectivity index (χ0v) is 12.7. The van der Waals surface area contributed by atoms with E-state index >= 15 is 0 Å². The van der Waals surface area contributed by atoms with Crippen LogP contribution in [-0.4, -0.2) is 24.2 Å². The minimum Gasteiger partial charge on any atom is -0.376 e. The first kappa shape index (κ1) is 14.2. The van der Waals surface area contributed by atoms with E-state index in [4.69, 9.17) is 17.0 Å². The Morgan fingerprint density at radius 3 is 2.43 bits per heavy atom. The van der Waals surface area contributed by atoms with Crippen molar-refractivity contribution >= 4 is 17.2 Å². The van der Waals surface area contributed by atoms with E-state index in [1.54, 1.807) is 0 Å². The maximum absolute atomic E-state index is 5.59. The Kier molecular flexibility index (Phi) is 4.63. The van der Waals surface area contributed by atoms with Crippen molar-refractivity contribution in [1.82, 2.24) is 5.32 Å². The van der Waals surface area contributed by atoms with Gasteiger partial charge in [0.1, 0.15) is 4.99 Å². The van der Waals surface area contributed by atoms with E-state index in [1.807, 2.05) is 6.07 Å². The molecule has 1 aliphatic heterocycles. The van der Waals surface area contributed by atoms with Gasteiger partial charge >= 0.3 is 0 Å². The summed E-state index contributed by atoms with van der Waals surface area (Å²) in [5, 5.41) is 3.31. The van der Waals surface area contributed by atoms with Gasteiger partial charge in [-0.2, -0.15) is 0 Å². The summed E-state index contributed by atoms with van der Waals surface area (Å²) in [6.45, 7) is 1.68. The molecular weight excluding hydrogens is 278 g/mol. The summed E-state index contributed by atoms with van der Waals surface area (Å²) in [5.41, 5.74) is 3.49. The van der Waals surface area contributed by atoms with Gasteiger partial charge in [-0.3, -0.25) is 0 Å². The molecule has 0 aromatic heterocycles. The molecule has 0 bridgehead atoms. The van der Waals surface area contributed by atoms with Crippen LogP contribution in [0.4, 0.5) is 0 Å². The van der Waals surface area contributed by atoms with E-state index in [-0.39, 0.29) is 0 Å². The number of hydrogen-bond acceptors (Lipinski definition) is 2. The predicted octanol–water partition coefficient (Wildman–Crippen LogP) is 3.80. The Hall–Kier alpha value is -1.71. The first-order valence-corrected chi connectivity index (χ1v) is 7.79. The summed E-state index contributed by atoms with van der Waals surface area (Å²) >= 11 is 5.45. The zero-order valence-electron chi connectivity index (χ0n) is 11.9. The van der Waals surface area contributed by atoms with Crippen LogP contribution in [0.25, 0.3) is 11.1 Å². The van der Waals surface area contributed by atoms with Crippen LogP contribution < -0.4 is 5.32 Å². The van der Waals surface area contributed by atoms with Crippen molar-refractivity contribution in [3.05, 3.63) is 60.2 Å². The topological polar surface area (TPSA) is 21.3 Å². The molecule has 1 aliphatic rings. The lowest BCUT2D eigenvalue weighted by Gasteiger charge is -2.13. The molecule has 3 rings (SSSR count). The number of benzene rings is 2. The summed E-state index contributed by atoms with van der Waals surface area (Å²) in [6.07, 6.45) is 2.60. The highest BCUT2D eigenvalue weighted by Crippen LogP contribution is 2.19. The molecule has 1 saturated heterocycles. The van der Waals surface area contributed by atoms with Crippen LogP contribution in [0, 0.1) is 0 Å². The molecule has 2 aromatic rings. The second kappa shape index (κ2) is 6.83. The second-order valence-corrected chi connectivity index (χ2v) is 5.70. The fraction of sp³-hybridized carbons (Fsp3) is 0.278. The fourth-order valence-electron chi connectivity index (χ4n) is 2.56. The molecule has 108 valence electrons. The van der Waals surface area contributed by atoms with Gasteiger partial charge in [0.15, 0.2) is 0 Å². The zero-order chi connectivity index (χ0) is 14.5. The van der Waals surface area contributed by atoms with Crippen LogP contribution in [0.1, 0.15) is 18.4 Å². The van der Waals surface area contributed by atoms with Crippen LogP contribution in [0.2, 0.25) is 0 Å². The first-order chi connectivity index (χ1) is 10.3. The standard InChI is InChI=1S/C18H19NOS/c21-18(19-13-17-7-4-12-20-17)16-10-8-15(9-11-16)14-5-2-1-3-6-14/h1-3,5-6,8-11,17H,4,7,12-13H2,(H,19,21). The molecule has 1 fully saturated rings. The highest BCUT2D eigenvalue weighted by atomic mass is 32.1. The normalized spacial score (nSPS) is 17.6. The molecule has 1 N–H and O–H groups in total. The van der Waals surface area contributed by atoms with E-state index in [2.05, 4.69) is 53.8 Å². The predicted molar refractivity (Wildman–Crippen MR) is 90.6 cm³/mol. The summed E-state index contributed by atoms with van der Waals surface area (Å²) in [7, 11) is 0. The van der Waals surface area contributed by atoms with Crippen LogP contribution in [0.5, 0.6) is 0 Å². The van der Waals surface area contributed by atoms with Crippen LogP contribution in [0.3, 0.4) is 0 Å². The molecule has 0 amide bonds. The quantitative estimate of drug-likeness (QED) is 0.867. The van der Waals surface area contributed by atoms with Crippen molar-refractivity contribution in [2.75, 3.05) is 13.2 Å². The van der Waals surface area contributed by atoms with Gasteiger partial charge in [-0.15, -0.1) is 0 Å². The van der Waals surface area contributed by atoms with E-state index in [1.165, 1.54) is 11.1 Å². The number of nitrogens with one attached hydrogen (secondary N) is 1. The van der Waals surface area contributed by atoms with Crippen molar-refractivity contribution in [3.8, 4) is 11.1 Å². The van der Waals surface area contributed by atoms with E-state index in [0.29, 0.717) is 6.10 Å². The molecule has 0 radical (unpaired) electrons. The summed E-state index contributed by atoms with van der Waals surface area (Å²) in [5.74, 6) is 0. The average molecular weight is 297 g/mol. The van der Waals surface area contributed by atoms with Crippen LogP contribution >= 0.6 is 12.2 Å². The monoisotopic (exact) mass is 297 g/mol. The Balaban J connectivity index is 1.62. The number of ether oxygens (including phenoxy) is 1. The van der Waals surface area contributed by atoms with Gasteiger partial charge in [-0.1, -0.05) is 66.8 Å². The summed E-state index contributed by atoms with van der Waals surface area (Å²) in [6, 6.07) is 18.7. The largest absolute Gasteiger partial charge is 0.376 e. The third-order valence-corrected chi connectivity index (χ3v) is 4.15. The van der Waals surface area contributed by atoms with Crippen molar-refractivity contribution in [3.63, 3.8) is 0 Å². The van der Waals surface area contributed by atoms with Gasteiger partial charge in [0.25, 0.3) is 0 Å². The summed E-state index contributed by atoms with van der Waals surface area (Å²) < 4.78 is 5.59. The van der Waals surface area contributed by atoms with E-state index in [9.17, 15) is 0 Å². The third-order valence-electron chi connectivity index (χ3n) is 3.77. The molecule has 1 atom stereocenters. The Bertz CT molecular complexity index is 588. The maximum Gasteiger partial charge on any atom is 0.106 e. The van der Waals surface area contributed by atoms with Gasteiger partial charge in [-0.25, -0.2) is 0 Å². The lowest BCUT2D eigenvalue weighted by molar-refractivity contribution is 0.114. The maximum atomic E-state index is 5.59. The lowest BCUT2D eigenvalue weighted by atomic mass is 10.0. The Morgan fingerprint density at radius 1 is 1.05 bits per heavy atom. The Morgan fingerprint density at radius 2 is 1.76 bits per heavy atom. The van der Waals surface area contributed by atoms with Crippen molar-refractivity contribution in [2.24, 2.45) is 0 Å². The second-order valence-electron chi connectivity index (χ2n) is 5.29. The summed E-state index contributed by atoms with van der Waals surface area (Å²) in [4.78, 5) is 0.796. The SMILES string of the molecule is S=C(NCC1CCCO1)c1ccc(-c2ccccc2)cc1. The molecule has 0 aliphatic carbocycles. The van der Waals surface area contributed by atoms with Gasteiger partial charge in [0.05, 0.1) is 6.10 Å². The molecule has 1 heterocycles. The first-order valence-electron chi connectivity index (χ1n) is 7.38. The average Bonchev–Trinajstić information content (AvgIpc) is 3.07. The lowest BCUT2D eigenvalue weighted by Crippen LogP contribution is -2.31. The molecular formula is C18H19NOS. The Labute approximate surface area is 131 Å². The van der Waals surface area contributed by atoms with Crippen molar-refractivity contribution in [1.29, 1.82) is 0 Å². The molecule has 0 spiro atoms. The minimum absolute atomic E-state index is 0.312. The highest BCUT2D eigenvalue weighted by Gasteiger charge is 2.15. The fourth-order valence-corrected chi connectivity index (χ4v) is 2.78. The van der Waals surface area contributed by atoms with E-state index in [0.717, 1.165) is 36.5 Å². The van der Waals surface area contributed by atoms with Crippen LogP contribution in [0.15, 0.2) is 54.6 Å². The molecule has 21 heavy (non-hydrogen) atoms. The molecule has 1 unspecified atom stereocenters. The van der Waals surface area contributed by atoms with E-state index < -0.39 is 0 Å². The van der Waals surface area contributed by atoms with Crippen molar-refractivity contribution < 1.29 is 4.74 Å². The minimum atomic E-state index is 0.312. The van der Waals surface area contributed by atoms with Gasteiger partial charge in [-0.05, 0) is 24.0 Å². The van der Waals surface area contributed by atoms with Crippen LogP contribution in [-0.2, 0) is 4.74 Å². The molecule has 3 heteroatoms. The molecule has 0 saturated carbocycles. The smallest absolute Gasteiger partial charge is 0.106 e. The third kappa shape index (κ3) is 3.69. The molecule has 2 aromatic carbocycles. The van der Waals surface area contributed by atoms with Gasteiger partial charge in [0, 0.05) is 18.7 Å². The van der Waals surface area contributed by atoms with Gasteiger partial charge in [0.2, 0.25) is 0 Å². The molecule has 2 nitrogen and oxygen atoms in total.